The second kappa shape index (κ2) is 9.87. The van der Waals surface area contributed by atoms with Crippen LogP contribution >= 0.6 is 11.6 Å². The molecule has 0 radical (unpaired) electrons. The minimum atomic E-state index is -0.0780. The van der Waals surface area contributed by atoms with Crippen molar-refractivity contribution in [1.82, 2.24) is 9.97 Å². The van der Waals surface area contributed by atoms with Gasteiger partial charge in [-0.3, -0.25) is 4.79 Å². The molecular weight excluding hydrogens is 428 g/mol. The van der Waals surface area contributed by atoms with Crippen LogP contribution in [0.4, 0.5) is 11.5 Å². The minimum absolute atomic E-state index is 0.0107. The highest BCUT2D eigenvalue weighted by atomic mass is 35.5. The molecule has 1 N–H and O–H groups in total. The van der Waals surface area contributed by atoms with Crippen molar-refractivity contribution in [1.29, 1.82) is 0 Å². The predicted molar refractivity (Wildman–Crippen MR) is 125 cm³/mol. The number of halogens is 1. The molecule has 3 aromatic rings. The number of methoxy groups -OCH3 is 1. The van der Waals surface area contributed by atoms with E-state index in [4.69, 9.17) is 21.1 Å². The third kappa shape index (κ3) is 5.11. The zero-order valence-corrected chi connectivity index (χ0v) is 18.8. The first-order valence-corrected chi connectivity index (χ1v) is 10.9. The summed E-state index contributed by atoms with van der Waals surface area (Å²) in [6, 6.07) is 12.9. The van der Waals surface area contributed by atoms with Crippen molar-refractivity contribution in [2.75, 3.05) is 30.4 Å². The van der Waals surface area contributed by atoms with E-state index < -0.39 is 0 Å². The highest BCUT2D eigenvalue weighted by Gasteiger charge is 2.27. The number of carbonyl (C=O) groups is 1. The minimum Gasteiger partial charge on any atom is -0.497 e. The highest BCUT2D eigenvalue weighted by Crippen LogP contribution is 2.32. The number of hydrogen-bond acceptors (Lipinski definition) is 6. The van der Waals surface area contributed by atoms with Crippen molar-refractivity contribution in [2.24, 2.45) is 5.92 Å². The molecule has 7 nitrogen and oxygen atoms in total. The van der Waals surface area contributed by atoms with Gasteiger partial charge in [0.2, 0.25) is 5.91 Å². The Hall–Kier alpha value is -3.32. The summed E-state index contributed by atoms with van der Waals surface area (Å²) in [5, 5.41) is 3.63. The van der Waals surface area contributed by atoms with Crippen molar-refractivity contribution in [3.63, 3.8) is 0 Å². The molecule has 0 atom stereocenters. The summed E-state index contributed by atoms with van der Waals surface area (Å²) in [5.41, 5.74) is 1.70. The molecule has 2 heterocycles. The zero-order chi connectivity index (χ0) is 22.5. The van der Waals surface area contributed by atoms with E-state index in [2.05, 4.69) is 20.2 Å². The molecule has 1 saturated heterocycles. The summed E-state index contributed by atoms with van der Waals surface area (Å²) in [7, 11) is 1.61. The van der Waals surface area contributed by atoms with E-state index in [9.17, 15) is 4.79 Å². The van der Waals surface area contributed by atoms with Gasteiger partial charge in [-0.1, -0.05) is 23.7 Å². The van der Waals surface area contributed by atoms with Gasteiger partial charge in [-0.15, -0.1) is 0 Å². The Balaban J connectivity index is 1.40. The van der Waals surface area contributed by atoms with Crippen LogP contribution in [0.3, 0.4) is 0 Å². The molecule has 0 spiro atoms. The maximum Gasteiger partial charge on any atom is 0.263 e. The summed E-state index contributed by atoms with van der Waals surface area (Å²) in [4.78, 5) is 23.7. The molecular formula is C24H25ClN4O3. The Morgan fingerprint density at radius 2 is 1.84 bits per heavy atom. The third-order valence-corrected chi connectivity index (χ3v) is 5.91. The fourth-order valence-electron chi connectivity index (χ4n) is 3.65. The van der Waals surface area contributed by atoms with E-state index in [-0.39, 0.29) is 11.8 Å². The summed E-state index contributed by atoms with van der Waals surface area (Å²) >= 11 is 6.17. The molecule has 1 aliphatic heterocycles. The van der Waals surface area contributed by atoms with Crippen LogP contribution in [0.25, 0.3) is 0 Å². The Morgan fingerprint density at radius 1 is 1.09 bits per heavy atom. The third-order valence-electron chi connectivity index (χ3n) is 5.51. The molecule has 0 saturated carbocycles. The van der Waals surface area contributed by atoms with Gasteiger partial charge in [0.15, 0.2) is 5.82 Å². The number of benzene rings is 2. The van der Waals surface area contributed by atoms with Gasteiger partial charge in [0.25, 0.3) is 5.88 Å². The van der Waals surface area contributed by atoms with Crippen molar-refractivity contribution in [2.45, 2.75) is 19.8 Å². The summed E-state index contributed by atoms with van der Waals surface area (Å²) in [5.74, 6) is 2.35. The lowest BCUT2D eigenvalue weighted by Crippen LogP contribution is -2.38. The summed E-state index contributed by atoms with van der Waals surface area (Å²) in [6.45, 7) is 3.29. The van der Waals surface area contributed by atoms with Gasteiger partial charge in [0, 0.05) is 48.2 Å². The quantitative estimate of drug-likeness (QED) is 0.561. The number of aromatic nitrogens is 2. The van der Waals surface area contributed by atoms with Crippen LogP contribution in [0.2, 0.25) is 5.02 Å². The molecule has 0 aliphatic carbocycles. The van der Waals surface area contributed by atoms with Crippen LogP contribution in [-0.2, 0) is 4.79 Å². The number of nitrogens with one attached hydrogen (secondary N) is 1. The molecule has 8 heteroatoms. The number of ether oxygens (including phenoxy) is 2. The van der Waals surface area contributed by atoms with E-state index in [0.29, 0.717) is 54.2 Å². The van der Waals surface area contributed by atoms with Crippen LogP contribution in [0.1, 0.15) is 18.4 Å². The average molecular weight is 453 g/mol. The van der Waals surface area contributed by atoms with Crippen molar-refractivity contribution >= 4 is 29.0 Å². The fraction of sp³-hybridized carbons (Fsp3) is 0.292. The molecule has 0 unspecified atom stereocenters. The van der Waals surface area contributed by atoms with Crippen LogP contribution in [0, 0.1) is 12.8 Å². The average Bonchev–Trinajstić information content (AvgIpc) is 2.82. The number of amides is 1. The van der Waals surface area contributed by atoms with Gasteiger partial charge in [-0.2, -0.15) is 0 Å². The van der Waals surface area contributed by atoms with Gasteiger partial charge in [0.1, 0.15) is 11.5 Å². The maximum atomic E-state index is 12.7. The number of anilines is 2. The Labute approximate surface area is 192 Å². The van der Waals surface area contributed by atoms with Gasteiger partial charge in [-0.05, 0) is 49.6 Å². The van der Waals surface area contributed by atoms with Gasteiger partial charge >= 0.3 is 0 Å². The number of nitrogens with zero attached hydrogens (tertiary/aromatic N) is 3. The predicted octanol–water partition coefficient (Wildman–Crippen LogP) is 5.09. The molecule has 32 heavy (non-hydrogen) atoms. The van der Waals surface area contributed by atoms with Crippen molar-refractivity contribution < 1.29 is 14.3 Å². The van der Waals surface area contributed by atoms with E-state index >= 15 is 0 Å². The lowest BCUT2D eigenvalue weighted by Gasteiger charge is -2.32. The lowest BCUT2D eigenvalue weighted by molar-refractivity contribution is -0.120. The van der Waals surface area contributed by atoms with E-state index in [1.165, 1.54) is 0 Å². The number of hydrogen-bond donors (Lipinski definition) is 1. The number of aryl methyl sites for hydroxylation is 1. The topological polar surface area (TPSA) is 76.6 Å². The van der Waals surface area contributed by atoms with Crippen LogP contribution in [0.15, 0.2) is 54.9 Å². The molecule has 0 bridgehead atoms. The van der Waals surface area contributed by atoms with Gasteiger partial charge in [-0.25, -0.2) is 9.97 Å². The van der Waals surface area contributed by atoms with E-state index in [1.807, 2.05) is 37.3 Å². The van der Waals surface area contributed by atoms with Crippen molar-refractivity contribution in [3.8, 4) is 17.4 Å². The largest absolute Gasteiger partial charge is 0.497 e. The summed E-state index contributed by atoms with van der Waals surface area (Å²) in [6.07, 6.45) is 4.67. The van der Waals surface area contributed by atoms with Gasteiger partial charge in [0.05, 0.1) is 7.11 Å². The molecule has 4 rings (SSSR count). The highest BCUT2D eigenvalue weighted by molar-refractivity contribution is 6.31. The first-order valence-electron chi connectivity index (χ1n) is 10.5. The number of rotatable bonds is 6. The van der Waals surface area contributed by atoms with E-state index in [1.54, 1.807) is 31.6 Å². The van der Waals surface area contributed by atoms with Crippen LogP contribution < -0.4 is 19.7 Å². The first kappa shape index (κ1) is 21.9. The van der Waals surface area contributed by atoms with Crippen LogP contribution in [-0.4, -0.2) is 36.1 Å². The zero-order valence-electron chi connectivity index (χ0n) is 18.0. The molecule has 1 aromatic heterocycles. The van der Waals surface area contributed by atoms with E-state index in [0.717, 1.165) is 11.3 Å². The first-order chi connectivity index (χ1) is 15.5. The van der Waals surface area contributed by atoms with Crippen molar-refractivity contribution in [3.05, 3.63) is 65.4 Å². The second-order valence-electron chi connectivity index (χ2n) is 7.68. The normalized spacial score (nSPS) is 14.2. The monoisotopic (exact) mass is 452 g/mol. The molecule has 1 amide bonds. The smallest absolute Gasteiger partial charge is 0.263 e. The number of carbonyl (C=O) groups excluding carboxylic acids is 1. The molecule has 1 fully saturated rings. The second-order valence-corrected chi connectivity index (χ2v) is 8.09. The molecule has 166 valence electrons. The Kier molecular flexibility index (Phi) is 6.75. The van der Waals surface area contributed by atoms with Gasteiger partial charge < -0.3 is 19.7 Å². The molecule has 1 aliphatic rings. The fourth-order valence-corrected chi connectivity index (χ4v) is 3.83. The maximum absolute atomic E-state index is 12.7. The Bertz CT molecular complexity index is 1100. The lowest BCUT2D eigenvalue weighted by atomic mass is 9.95. The molecule has 2 aromatic carbocycles. The standard InChI is InChI=1S/C24H25ClN4O3/c1-16-6-7-18(14-21(16)25)28-23(30)17-8-12-29(13-9-17)22-24(27-11-10-26-22)32-20-5-3-4-19(15-20)31-2/h3-7,10-11,14-15,17H,8-9,12-13H2,1-2H3,(H,28,30). The Morgan fingerprint density at radius 3 is 2.59 bits per heavy atom. The SMILES string of the molecule is COc1cccc(Oc2nccnc2N2CCC(C(=O)Nc3ccc(C)c(Cl)c3)CC2)c1. The van der Waals surface area contributed by atoms with Crippen LogP contribution in [0.5, 0.6) is 17.4 Å². The summed E-state index contributed by atoms with van der Waals surface area (Å²) < 4.78 is 11.2. The number of piperidine rings is 1.